The Labute approximate surface area is 222 Å². The summed E-state index contributed by atoms with van der Waals surface area (Å²) in [5.74, 6) is -1.25. The van der Waals surface area contributed by atoms with Gasteiger partial charge in [0, 0.05) is 18.5 Å². The Kier molecular flexibility index (Phi) is 7.74. The molecule has 3 aromatic carbocycles. The molecule has 6 nitrogen and oxygen atoms in total. The van der Waals surface area contributed by atoms with Gasteiger partial charge in [0.15, 0.2) is 6.10 Å². The molecule has 5 rings (SSSR count). The highest BCUT2D eigenvalue weighted by molar-refractivity contribution is 5.88. The number of carbonyl (C=O) groups excluding carboxylic acids is 1. The van der Waals surface area contributed by atoms with E-state index in [1.54, 1.807) is 12.1 Å². The second-order valence-electron chi connectivity index (χ2n) is 10.1. The van der Waals surface area contributed by atoms with Crippen LogP contribution in [0.3, 0.4) is 0 Å². The maximum absolute atomic E-state index is 14.0. The second-order valence-corrected chi connectivity index (χ2v) is 10.1. The molecule has 7 heteroatoms. The SMILES string of the molecule is Cc1ccc2c(c1OCc1ccccc1)C[C@H](C(=O)O)N(C(=O)[C@@H](OC1CCCC1)c1ccc(F)cc1)C2. The molecule has 0 spiro atoms. The summed E-state index contributed by atoms with van der Waals surface area (Å²) in [4.78, 5) is 27.8. The molecule has 0 saturated heterocycles. The lowest BCUT2D eigenvalue weighted by Gasteiger charge is -2.38. The number of carboxylic acid groups (broad SMARTS) is 1. The molecule has 1 aliphatic heterocycles. The van der Waals surface area contributed by atoms with Crippen LogP contribution >= 0.6 is 0 Å². The zero-order chi connectivity index (χ0) is 26.6. The predicted octanol–water partition coefficient (Wildman–Crippen LogP) is 5.75. The average molecular weight is 518 g/mol. The van der Waals surface area contributed by atoms with Crippen molar-refractivity contribution < 1.29 is 28.6 Å². The molecule has 1 aliphatic carbocycles. The van der Waals surface area contributed by atoms with Crippen molar-refractivity contribution in [2.75, 3.05) is 0 Å². The Morgan fingerprint density at radius 3 is 2.42 bits per heavy atom. The van der Waals surface area contributed by atoms with Crippen molar-refractivity contribution in [1.29, 1.82) is 0 Å². The first-order valence-corrected chi connectivity index (χ1v) is 13.1. The number of nitrogens with zero attached hydrogens (tertiary/aromatic N) is 1. The maximum atomic E-state index is 14.0. The summed E-state index contributed by atoms with van der Waals surface area (Å²) in [5.41, 5.74) is 4.11. The normalized spacial score (nSPS) is 18.2. The summed E-state index contributed by atoms with van der Waals surface area (Å²) in [6, 6.07) is 18.3. The van der Waals surface area contributed by atoms with Crippen molar-refractivity contribution in [1.82, 2.24) is 4.90 Å². The van der Waals surface area contributed by atoms with Crippen molar-refractivity contribution in [2.24, 2.45) is 0 Å². The lowest BCUT2D eigenvalue weighted by Crippen LogP contribution is -2.50. The summed E-state index contributed by atoms with van der Waals surface area (Å²) < 4.78 is 26.1. The van der Waals surface area contributed by atoms with Gasteiger partial charge in [-0.3, -0.25) is 4.79 Å². The molecule has 1 heterocycles. The number of rotatable bonds is 8. The van der Waals surface area contributed by atoms with Crippen molar-refractivity contribution in [3.63, 3.8) is 0 Å². The Bertz CT molecular complexity index is 1290. The summed E-state index contributed by atoms with van der Waals surface area (Å²) in [7, 11) is 0. The number of amides is 1. The molecule has 2 atom stereocenters. The number of aliphatic carboxylic acids is 1. The van der Waals surface area contributed by atoms with Crippen LogP contribution in [0, 0.1) is 12.7 Å². The Balaban J connectivity index is 1.45. The van der Waals surface area contributed by atoms with Crippen LogP contribution in [-0.4, -0.2) is 34.0 Å². The first-order chi connectivity index (χ1) is 18.4. The van der Waals surface area contributed by atoms with E-state index in [1.807, 2.05) is 49.4 Å². The standard InChI is InChI=1S/C31H32FNO5/c1-20-11-12-23-18-33(27(31(35)36)17-26(23)28(20)37-19-21-7-3-2-4-8-21)30(34)29(38-25-9-5-6-10-25)22-13-15-24(32)16-14-22/h2-4,7-8,11-16,25,27,29H,5-6,9-10,17-19H2,1H3,(H,35,36)/t27-,29+/m1/s1. The molecule has 1 saturated carbocycles. The number of ether oxygens (including phenoxy) is 2. The largest absolute Gasteiger partial charge is 0.488 e. The molecule has 1 amide bonds. The van der Waals surface area contributed by atoms with Crippen molar-refractivity contribution in [3.05, 3.63) is 100 Å². The molecule has 38 heavy (non-hydrogen) atoms. The van der Waals surface area contributed by atoms with Crippen LogP contribution in [0.2, 0.25) is 0 Å². The predicted molar refractivity (Wildman–Crippen MR) is 140 cm³/mol. The molecule has 0 unspecified atom stereocenters. The molecule has 0 radical (unpaired) electrons. The van der Waals surface area contributed by atoms with Gasteiger partial charge in [0.25, 0.3) is 5.91 Å². The van der Waals surface area contributed by atoms with Gasteiger partial charge in [-0.05, 0) is 54.2 Å². The highest BCUT2D eigenvalue weighted by Gasteiger charge is 2.40. The van der Waals surface area contributed by atoms with Gasteiger partial charge in [-0.25, -0.2) is 9.18 Å². The van der Waals surface area contributed by atoms with Crippen LogP contribution < -0.4 is 4.74 Å². The highest BCUT2D eigenvalue weighted by Crippen LogP contribution is 2.37. The number of aryl methyl sites for hydroxylation is 1. The molecular formula is C31H32FNO5. The first-order valence-electron chi connectivity index (χ1n) is 13.1. The fourth-order valence-electron chi connectivity index (χ4n) is 5.42. The number of carbonyl (C=O) groups is 2. The fraction of sp³-hybridized carbons (Fsp3) is 0.355. The smallest absolute Gasteiger partial charge is 0.326 e. The Morgan fingerprint density at radius 1 is 1.03 bits per heavy atom. The van der Waals surface area contributed by atoms with E-state index >= 15 is 0 Å². The second kappa shape index (κ2) is 11.4. The van der Waals surface area contributed by atoms with Gasteiger partial charge in [-0.2, -0.15) is 0 Å². The maximum Gasteiger partial charge on any atom is 0.326 e. The molecule has 1 N–H and O–H groups in total. The van der Waals surface area contributed by atoms with E-state index in [0.717, 1.165) is 47.9 Å². The van der Waals surface area contributed by atoms with Crippen molar-refractivity contribution in [2.45, 2.75) is 70.4 Å². The van der Waals surface area contributed by atoms with E-state index in [0.29, 0.717) is 17.9 Å². The van der Waals surface area contributed by atoms with Crippen LogP contribution in [0.5, 0.6) is 5.75 Å². The number of halogens is 1. The minimum absolute atomic E-state index is 0.0880. The van der Waals surface area contributed by atoms with Gasteiger partial charge in [0.1, 0.15) is 24.2 Å². The molecule has 0 bridgehead atoms. The van der Waals surface area contributed by atoms with Crippen molar-refractivity contribution >= 4 is 11.9 Å². The Morgan fingerprint density at radius 2 is 1.74 bits per heavy atom. The molecule has 1 fully saturated rings. The van der Waals surface area contributed by atoms with E-state index in [2.05, 4.69) is 0 Å². The van der Waals surface area contributed by atoms with Crippen LogP contribution in [0.15, 0.2) is 66.7 Å². The number of hydrogen-bond donors (Lipinski definition) is 1. The number of carboxylic acids is 1. The third-order valence-corrected chi connectivity index (χ3v) is 7.49. The molecule has 3 aromatic rings. The van der Waals surface area contributed by atoms with Gasteiger partial charge in [0.2, 0.25) is 0 Å². The number of hydrogen-bond acceptors (Lipinski definition) is 4. The van der Waals surface area contributed by atoms with Gasteiger partial charge >= 0.3 is 5.97 Å². The molecular weight excluding hydrogens is 485 g/mol. The third-order valence-electron chi connectivity index (χ3n) is 7.49. The van der Waals surface area contributed by atoms with Gasteiger partial charge in [0.05, 0.1) is 6.10 Å². The summed E-state index contributed by atoms with van der Waals surface area (Å²) in [5, 5.41) is 10.2. The summed E-state index contributed by atoms with van der Waals surface area (Å²) in [6.07, 6.45) is 2.78. The number of fused-ring (bicyclic) bond motifs is 1. The zero-order valence-corrected chi connectivity index (χ0v) is 21.4. The van der Waals surface area contributed by atoms with E-state index in [-0.39, 0.29) is 19.1 Å². The van der Waals surface area contributed by atoms with E-state index in [9.17, 15) is 19.1 Å². The van der Waals surface area contributed by atoms with E-state index in [1.165, 1.54) is 17.0 Å². The molecule has 198 valence electrons. The van der Waals surface area contributed by atoms with Gasteiger partial charge in [-0.1, -0.05) is 67.4 Å². The topological polar surface area (TPSA) is 76.1 Å². The monoisotopic (exact) mass is 517 g/mol. The van der Waals surface area contributed by atoms with Crippen LogP contribution in [-0.2, 0) is 33.9 Å². The lowest BCUT2D eigenvalue weighted by atomic mass is 9.90. The lowest BCUT2D eigenvalue weighted by molar-refractivity contribution is -0.160. The fourth-order valence-corrected chi connectivity index (χ4v) is 5.42. The quantitative estimate of drug-likeness (QED) is 0.412. The minimum Gasteiger partial charge on any atom is -0.488 e. The zero-order valence-electron chi connectivity index (χ0n) is 21.4. The van der Waals surface area contributed by atoms with Crippen LogP contribution in [0.4, 0.5) is 4.39 Å². The average Bonchev–Trinajstić information content (AvgIpc) is 3.44. The first kappa shape index (κ1) is 25.9. The summed E-state index contributed by atoms with van der Waals surface area (Å²) >= 11 is 0. The van der Waals surface area contributed by atoms with Crippen LogP contribution in [0.1, 0.15) is 59.6 Å². The minimum atomic E-state index is -1.08. The van der Waals surface area contributed by atoms with Gasteiger partial charge < -0.3 is 19.5 Å². The van der Waals surface area contributed by atoms with E-state index < -0.39 is 29.8 Å². The van der Waals surface area contributed by atoms with Gasteiger partial charge in [-0.15, -0.1) is 0 Å². The number of benzene rings is 3. The van der Waals surface area contributed by atoms with Crippen molar-refractivity contribution in [3.8, 4) is 5.75 Å². The Hall–Kier alpha value is -3.71. The third kappa shape index (κ3) is 5.58. The molecule has 0 aromatic heterocycles. The van der Waals surface area contributed by atoms with Crippen LogP contribution in [0.25, 0.3) is 0 Å². The summed E-state index contributed by atoms with van der Waals surface area (Å²) in [6.45, 7) is 2.42. The molecule has 2 aliphatic rings. The van der Waals surface area contributed by atoms with E-state index in [4.69, 9.17) is 9.47 Å². The highest BCUT2D eigenvalue weighted by atomic mass is 19.1.